The number of benzene rings is 3. The van der Waals surface area contributed by atoms with E-state index in [-0.39, 0.29) is 29.4 Å². The van der Waals surface area contributed by atoms with E-state index in [0.29, 0.717) is 11.3 Å². The van der Waals surface area contributed by atoms with Crippen molar-refractivity contribution in [3.8, 4) is 0 Å². The normalized spacial score (nSPS) is 24.6. The van der Waals surface area contributed by atoms with Crippen LogP contribution in [0.5, 0.6) is 0 Å². The van der Waals surface area contributed by atoms with E-state index in [1.807, 2.05) is 36.4 Å². The molecule has 4 nitrogen and oxygen atoms in total. The molecule has 6 rings (SSSR count). The second-order valence-electron chi connectivity index (χ2n) is 9.17. The van der Waals surface area contributed by atoms with Crippen LogP contribution in [0.3, 0.4) is 0 Å². The largest absolute Gasteiger partial charge is 0.295 e. The Kier molecular flexibility index (Phi) is 4.70. The minimum absolute atomic E-state index is 0.0473. The highest BCUT2D eigenvalue weighted by atomic mass is 16.2. The van der Waals surface area contributed by atoms with Crippen molar-refractivity contribution in [2.75, 3.05) is 4.90 Å². The Morgan fingerprint density at radius 1 is 0.647 bits per heavy atom. The number of Topliss-reactive ketones (excluding diaryl/α,β-unsaturated/α-hetero) is 1. The molecule has 0 N–H and O–H groups in total. The highest BCUT2D eigenvalue weighted by Crippen LogP contribution is 2.58. The van der Waals surface area contributed by atoms with E-state index in [4.69, 9.17) is 0 Å². The summed E-state index contributed by atoms with van der Waals surface area (Å²) < 4.78 is 0. The molecule has 1 saturated heterocycles. The van der Waals surface area contributed by atoms with E-state index < -0.39 is 11.8 Å². The Hall–Kier alpha value is -4.05. The number of ketones is 1. The summed E-state index contributed by atoms with van der Waals surface area (Å²) in [6, 6.07) is 27.2. The minimum Gasteiger partial charge on any atom is -0.295 e. The number of fused-ring (bicyclic) bond motifs is 5. The average molecular weight is 446 g/mol. The first-order valence-electron chi connectivity index (χ1n) is 11.6. The van der Waals surface area contributed by atoms with Gasteiger partial charge >= 0.3 is 0 Å². The summed E-state index contributed by atoms with van der Waals surface area (Å²) in [7, 11) is 0. The van der Waals surface area contributed by atoms with Crippen LogP contribution < -0.4 is 4.90 Å². The van der Waals surface area contributed by atoms with Crippen molar-refractivity contribution in [3.05, 3.63) is 119 Å². The molecule has 2 bridgehead atoms. The van der Waals surface area contributed by atoms with Crippen molar-refractivity contribution >= 4 is 28.9 Å². The molecule has 0 unspecified atom stereocenters. The quantitative estimate of drug-likeness (QED) is 0.311. The third kappa shape index (κ3) is 2.95. The number of anilines is 1. The molecule has 0 aromatic heterocycles. The molecule has 4 heteroatoms. The summed E-state index contributed by atoms with van der Waals surface area (Å²) in [5.74, 6) is -1.36. The second kappa shape index (κ2) is 7.77. The van der Waals surface area contributed by atoms with Crippen LogP contribution in [0.4, 0.5) is 5.69 Å². The molecular formula is C30H23NO3. The molecule has 3 aromatic carbocycles. The van der Waals surface area contributed by atoms with Gasteiger partial charge in [-0.2, -0.15) is 0 Å². The summed E-state index contributed by atoms with van der Waals surface area (Å²) in [5.41, 5.74) is 5.57. The van der Waals surface area contributed by atoms with Gasteiger partial charge in [-0.25, -0.2) is 4.90 Å². The molecule has 0 radical (unpaired) electrons. The predicted octanol–water partition coefficient (Wildman–Crippen LogP) is 5.31. The predicted molar refractivity (Wildman–Crippen MR) is 131 cm³/mol. The van der Waals surface area contributed by atoms with Gasteiger partial charge < -0.3 is 0 Å². The van der Waals surface area contributed by atoms with E-state index in [1.54, 1.807) is 24.3 Å². The fourth-order valence-corrected chi connectivity index (χ4v) is 5.91. The number of allylic oxidation sites excluding steroid dienone is 3. The van der Waals surface area contributed by atoms with Crippen LogP contribution in [0.2, 0.25) is 0 Å². The van der Waals surface area contributed by atoms with Crippen molar-refractivity contribution in [3.63, 3.8) is 0 Å². The van der Waals surface area contributed by atoms with Crippen LogP contribution in [0.15, 0.2) is 103 Å². The van der Waals surface area contributed by atoms with Gasteiger partial charge in [-0.1, -0.05) is 72.8 Å². The molecule has 166 valence electrons. The Labute approximate surface area is 198 Å². The first-order valence-corrected chi connectivity index (χ1v) is 11.6. The molecular weight excluding hydrogens is 422 g/mol. The van der Waals surface area contributed by atoms with Gasteiger partial charge in [0, 0.05) is 17.4 Å². The van der Waals surface area contributed by atoms with Gasteiger partial charge in [0.15, 0.2) is 5.78 Å². The molecule has 1 aliphatic heterocycles. The highest BCUT2D eigenvalue weighted by Gasteiger charge is 2.62. The lowest BCUT2D eigenvalue weighted by atomic mass is 9.85. The molecule has 3 aromatic rings. The first kappa shape index (κ1) is 20.5. The van der Waals surface area contributed by atoms with Crippen molar-refractivity contribution in [1.29, 1.82) is 0 Å². The van der Waals surface area contributed by atoms with Crippen LogP contribution >= 0.6 is 0 Å². The Balaban J connectivity index is 1.44. The Morgan fingerprint density at radius 3 is 1.56 bits per heavy atom. The van der Waals surface area contributed by atoms with E-state index in [0.717, 1.165) is 16.7 Å². The second-order valence-corrected chi connectivity index (χ2v) is 9.17. The van der Waals surface area contributed by atoms with E-state index >= 15 is 0 Å². The molecule has 0 spiro atoms. The zero-order valence-electron chi connectivity index (χ0n) is 18.7. The number of carbonyl (C=O) groups is 3. The first-order chi connectivity index (χ1) is 16.6. The maximum Gasteiger partial charge on any atom is 0.238 e. The van der Waals surface area contributed by atoms with Gasteiger partial charge in [-0.3, -0.25) is 14.4 Å². The maximum atomic E-state index is 13.6. The van der Waals surface area contributed by atoms with Crippen LogP contribution in [-0.2, 0) is 9.59 Å². The maximum absolute atomic E-state index is 13.6. The summed E-state index contributed by atoms with van der Waals surface area (Å²) in [6.45, 7) is 1.50. The van der Waals surface area contributed by atoms with Gasteiger partial charge in [0.25, 0.3) is 0 Å². The number of hydrogen-bond donors (Lipinski definition) is 0. The SMILES string of the molecule is CC(=O)c1ccc(N2C(=O)[C@@H]3[C@H](C2=O)[C@H]2C=C[C@@H]3C2=C(c2ccccc2)c2ccccc2)cc1. The molecule has 2 amide bonds. The summed E-state index contributed by atoms with van der Waals surface area (Å²) >= 11 is 0. The lowest BCUT2D eigenvalue weighted by molar-refractivity contribution is -0.122. The fraction of sp³-hybridized carbons (Fsp3) is 0.167. The van der Waals surface area contributed by atoms with Crippen LogP contribution in [0.1, 0.15) is 28.4 Å². The highest BCUT2D eigenvalue weighted by molar-refractivity contribution is 6.23. The van der Waals surface area contributed by atoms with Crippen molar-refractivity contribution in [2.24, 2.45) is 23.7 Å². The summed E-state index contributed by atoms with van der Waals surface area (Å²) in [6.07, 6.45) is 4.22. The smallest absolute Gasteiger partial charge is 0.238 e. The Bertz CT molecular complexity index is 1290. The number of hydrogen-bond acceptors (Lipinski definition) is 3. The van der Waals surface area contributed by atoms with Crippen molar-refractivity contribution in [1.82, 2.24) is 0 Å². The van der Waals surface area contributed by atoms with Gasteiger partial charge in [0.2, 0.25) is 11.8 Å². The molecule has 4 atom stereocenters. The minimum atomic E-state index is -0.396. The standard InChI is InChI=1S/C30H23NO3/c1-18(32)19-12-14-22(15-13-19)31-29(33)27-23-16-17-24(28(27)30(31)34)26(23)25(20-8-4-2-5-9-20)21-10-6-3-7-11-21/h2-17,23-24,27-28H,1H3/t23-,24+,27+,28-. The number of nitrogens with zero attached hydrogens (tertiary/aromatic N) is 1. The molecule has 3 aliphatic rings. The van der Waals surface area contributed by atoms with Gasteiger partial charge in [-0.15, -0.1) is 0 Å². The average Bonchev–Trinajstić information content (AvgIpc) is 3.50. The molecule has 2 aliphatic carbocycles. The van der Waals surface area contributed by atoms with E-state index in [2.05, 4.69) is 36.4 Å². The summed E-state index contributed by atoms with van der Waals surface area (Å²) in [5, 5.41) is 0. The van der Waals surface area contributed by atoms with Gasteiger partial charge in [0.05, 0.1) is 17.5 Å². The number of rotatable bonds is 4. The zero-order valence-corrected chi connectivity index (χ0v) is 18.7. The number of imide groups is 1. The van der Waals surface area contributed by atoms with Gasteiger partial charge in [-0.05, 0) is 53.5 Å². The Morgan fingerprint density at radius 2 is 1.12 bits per heavy atom. The van der Waals surface area contributed by atoms with Crippen LogP contribution in [0, 0.1) is 23.7 Å². The third-order valence-electron chi connectivity index (χ3n) is 7.36. The fourth-order valence-electron chi connectivity index (χ4n) is 5.91. The number of amides is 2. The number of carbonyl (C=O) groups excluding carboxylic acids is 3. The van der Waals surface area contributed by atoms with Crippen molar-refractivity contribution in [2.45, 2.75) is 6.92 Å². The van der Waals surface area contributed by atoms with E-state index in [9.17, 15) is 14.4 Å². The van der Waals surface area contributed by atoms with E-state index in [1.165, 1.54) is 17.4 Å². The third-order valence-corrected chi connectivity index (χ3v) is 7.36. The zero-order chi connectivity index (χ0) is 23.4. The molecule has 1 saturated carbocycles. The molecule has 2 fully saturated rings. The topological polar surface area (TPSA) is 54.5 Å². The monoisotopic (exact) mass is 445 g/mol. The summed E-state index contributed by atoms with van der Waals surface area (Å²) in [4.78, 5) is 40.2. The van der Waals surface area contributed by atoms with Crippen LogP contribution in [-0.4, -0.2) is 17.6 Å². The molecule has 1 heterocycles. The van der Waals surface area contributed by atoms with Gasteiger partial charge in [0.1, 0.15) is 0 Å². The van der Waals surface area contributed by atoms with Crippen LogP contribution in [0.25, 0.3) is 5.57 Å². The molecule has 34 heavy (non-hydrogen) atoms. The lowest BCUT2D eigenvalue weighted by Crippen LogP contribution is -2.33. The van der Waals surface area contributed by atoms with Crippen molar-refractivity contribution < 1.29 is 14.4 Å². The lowest BCUT2D eigenvalue weighted by Gasteiger charge is -2.21.